The van der Waals surface area contributed by atoms with E-state index in [0.29, 0.717) is 6.42 Å². The van der Waals surface area contributed by atoms with E-state index in [1.54, 1.807) is 17.7 Å². The third-order valence-corrected chi connectivity index (χ3v) is 8.81. The van der Waals surface area contributed by atoms with Gasteiger partial charge in [-0.05, 0) is 86.5 Å². The Morgan fingerprint density at radius 1 is 0.667 bits per heavy atom. The first-order chi connectivity index (χ1) is 17.6. The highest BCUT2D eigenvalue weighted by Crippen LogP contribution is 2.40. The van der Waals surface area contributed by atoms with Crippen molar-refractivity contribution in [3.8, 4) is 0 Å². The van der Waals surface area contributed by atoms with Gasteiger partial charge < -0.3 is 0 Å². The summed E-state index contributed by atoms with van der Waals surface area (Å²) in [4.78, 5) is 0. The zero-order valence-corrected chi connectivity index (χ0v) is 23.4. The van der Waals surface area contributed by atoms with Gasteiger partial charge in [-0.1, -0.05) is 109 Å². The van der Waals surface area contributed by atoms with Gasteiger partial charge in [0.1, 0.15) is 11.6 Å². The molecular formula is C34H52F2. The Morgan fingerprint density at radius 2 is 1.25 bits per heavy atom. The first-order valence-corrected chi connectivity index (χ1v) is 15.5. The summed E-state index contributed by atoms with van der Waals surface area (Å²) in [7, 11) is 0. The van der Waals surface area contributed by atoms with Crippen molar-refractivity contribution in [2.75, 3.05) is 0 Å². The van der Waals surface area contributed by atoms with E-state index in [0.717, 1.165) is 55.1 Å². The van der Waals surface area contributed by atoms with Crippen LogP contribution < -0.4 is 0 Å². The summed E-state index contributed by atoms with van der Waals surface area (Å²) in [5.74, 6) is 0.927. The van der Waals surface area contributed by atoms with E-state index in [4.69, 9.17) is 0 Å². The fourth-order valence-electron chi connectivity index (χ4n) is 6.38. The molecule has 1 saturated carbocycles. The molecule has 0 heterocycles. The maximum absolute atomic E-state index is 14.8. The highest BCUT2D eigenvalue weighted by molar-refractivity contribution is 5.69. The number of hydrogen-bond acceptors (Lipinski definition) is 0. The Morgan fingerprint density at radius 3 is 1.83 bits per heavy atom. The van der Waals surface area contributed by atoms with Crippen LogP contribution in [0.4, 0.5) is 8.78 Å². The van der Waals surface area contributed by atoms with E-state index in [1.165, 1.54) is 89.9 Å². The smallest absolute Gasteiger partial charge is 0.129 e. The summed E-state index contributed by atoms with van der Waals surface area (Å²) < 4.78 is 29.6. The predicted molar refractivity (Wildman–Crippen MR) is 152 cm³/mol. The average molecular weight is 499 g/mol. The van der Waals surface area contributed by atoms with Gasteiger partial charge in [0.15, 0.2) is 0 Å². The molecule has 0 radical (unpaired) electrons. The molecular weight excluding hydrogens is 446 g/mol. The second-order valence-corrected chi connectivity index (χ2v) is 11.6. The summed E-state index contributed by atoms with van der Waals surface area (Å²) in [6, 6.07) is 3.15. The second kappa shape index (κ2) is 16.4. The second-order valence-electron chi connectivity index (χ2n) is 11.6. The normalized spacial score (nSPS) is 20.3. The standard InChI is InChI=1S/C34H52F2/c1-3-5-7-9-11-13-15-27-17-19-28(20-18-27)29-21-23-30(24-22-29)31-25-33(35)32(34(36)26-31)16-14-12-10-8-6-4-2/h21,23,25-28H,3-20,22,24H2,1-2H3. The number of halogens is 2. The fraction of sp³-hybridized carbons (Fsp3) is 0.706. The minimum atomic E-state index is -0.363. The van der Waals surface area contributed by atoms with Gasteiger partial charge >= 0.3 is 0 Å². The van der Waals surface area contributed by atoms with E-state index >= 15 is 0 Å². The third kappa shape index (κ3) is 9.46. The van der Waals surface area contributed by atoms with Crippen molar-refractivity contribution in [3.05, 3.63) is 52.6 Å². The first kappa shape index (κ1) is 29.1. The monoisotopic (exact) mass is 498 g/mol. The van der Waals surface area contributed by atoms with E-state index in [-0.39, 0.29) is 17.2 Å². The molecule has 0 saturated heterocycles. The van der Waals surface area contributed by atoms with Crippen LogP contribution in [0.3, 0.4) is 0 Å². The molecule has 36 heavy (non-hydrogen) atoms. The lowest BCUT2D eigenvalue weighted by Gasteiger charge is -2.31. The molecule has 0 nitrogen and oxygen atoms in total. The predicted octanol–water partition coefficient (Wildman–Crippen LogP) is 11.5. The minimum absolute atomic E-state index is 0.277. The fourth-order valence-corrected chi connectivity index (χ4v) is 6.38. The summed E-state index contributed by atoms with van der Waals surface area (Å²) in [5, 5.41) is 0. The van der Waals surface area contributed by atoms with Crippen LogP contribution in [0.5, 0.6) is 0 Å². The molecule has 0 N–H and O–H groups in total. The molecule has 1 aromatic rings. The molecule has 0 bridgehead atoms. The maximum atomic E-state index is 14.8. The Hall–Kier alpha value is -1.44. The highest BCUT2D eigenvalue weighted by atomic mass is 19.1. The number of rotatable bonds is 16. The largest absolute Gasteiger partial charge is 0.207 e. The van der Waals surface area contributed by atoms with Gasteiger partial charge in [-0.25, -0.2) is 8.78 Å². The lowest BCUT2D eigenvalue weighted by molar-refractivity contribution is 0.278. The molecule has 202 valence electrons. The average Bonchev–Trinajstić information content (AvgIpc) is 2.90. The van der Waals surface area contributed by atoms with Crippen LogP contribution >= 0.6 is 0 Å². The molecule has 0 amide bonds. The molecule has 1 aromatic carbocycles. The van der Waals surface area contributed by atoms with Gasteiger partial charge in [0, 0.05) is 5.56 Å². The van der Waals surface area contributed by atoms with Crippen molar-refractivity contribution in [2.45, 2.75) is 142 Å². The van der Waals surface area contributed by atoms with Crippen LogP contribution in [0.25, 0.3) is 5.57 Å². The third-order valence-electron chi connectivity index (χ3n) is 8.81. The highest BCUT2D eigenvalue weighted by Gasteiger charge is 2.25. The van der Waals surface area contributed by atoms with Crippen LogP contribution in [0.15, 0.2) is 29.9 Å². The van der Waals surface area contributed by atoms with E-state index in [2.05, 4.69) is 26.0 Å². The Labute approximate surface area is 221 Å². The topological polar surface area (TPSA) is 0 Å². The molecule has 2 aliphatic carbocycles. The van der Waals surface area contributed by atoms with Gasteiger partial charge in [-0.3, -0.25) is 0 Å². The van der Waals surface area contributed by atoms with Gasteiger partial charge in [0.05, 0.1) is 0 Å². The summed E-state index contributed by atoms with van der Waals surface area (Å²) in [6.07, 6.45) is 28.9. The lowest BCUT2D eigenvalue weighted by atomic mass is 9.74. The zero-order chi connectivity index (χ0) is 25.6. The Balaban J connectivity index is 1.45. The van der Waals surface area contributed by atoms with Gasteiger partial charge in [0.2, 0.25) is 0 Å². The SMILES string of the molecule is CCCCCCCCc1c(F)cc(C2=CC=C(C3CCC(CCCCCCCC)CC3)CC2)cc1F. The van der Waals surface area contributed by atoms with Gasteiger partial charge in [0.25, 0.3) is 0 Å². The maximum Gasteiger partial charge on any atom is 0.129 e. The molecule has 0 atom stereocenters. The van der Waals surface area contributed by atoms with Crippen LogP contribution in [-0.2, 0) is 6.42 Å². The van der Waals surface area contributed by atoms with Crippen molar-refractivity contribution >= 4 is 5.57 Å². The minimum Gasteiger partial charge on any atom is -0.207 e. The van der Waals surface area contributed by atoms with Crippen LogP contribution in [0.2, 0.25) is 0 Å². The summed E-state index contributed by atoms with van der Waals surface area (Å²) in [6.45, 7) is 4.48. The zero-order valence-electron chi connectivity index (χ0n) is 23.4. The number of benzene rings is 1. The summed E-state index contributed by atoms with van der Waals surface area (Å²) >= 11 is 0. The molecule has 0 unspecified atom stereocenters. The Kier molecular flexibility index (Phi) is 13.3. The molecule has 1 fully saturated rings. The number of allylic oxidation sites excluding steroid dienone is 4. The van der Waals surface area contributed by atoms with Crippen LogP contribution in [-0.4, -0.2) is 0 Å². The number of hydrogen-bond donors (Lipinski definition) is 0. The molecule has 3 rings (SSSR count). The van der Waals surface area contributed by atoms with Crippen molar-refractivity contribution in [1.29, 1.82) is 0 Å². The lowest BCUT2D eigenvalue weighted by Crippen LogP contribution is -2.17. The van der Waals surface area contributed by atoms with E-state index in [9.17, 15) is 8.78 Å². The van der Waals surface area contributed by atoms with Crippen LogP contribution in [0, 0.1) is 23.5 Å². The molecule has 0 spiro atoms. The van der Waals surface area contributed by atoms with E-state index < -0.39 is 0 Å². The van der Waals surface area contributed by atoms with Crippen molar-refractivity contribution in [3.63, 3.8) is 0 Å². The van der Waals surface area contributed by atoms with E-state index in [1.807, 2.05) is 0 Å². The van der Waals surface area contributed by atoms with Crippen LogP contribution in [0.1, 0.15) is 147 Å². The molecule has 0 aliphatic heterocycles. The number of unbranched alkanes of at least 4 members (excludes halogenated alkanes) is 10. The first-order valence-electron chi connectivity index (χ1n) is 15.5. The summed E-state index contributed by atoms with van der Waals surface area (Å²) in [5.41, 5.74) is 3.66. The van der Waals surface area contributed by atoms with Gasteiger partial charge in [-0.15, -0.1) is 0 Å². The molecule has 2 heteroatoms. The van der Waals surface area contributed by atoms with Crippen molar-refractivity contribution in [1.82, 2.24) is 0 Å². The molecule has 2 aliphatic rings. The molecule has 0 aromatic heterocycles. The quantitative estimate of drug-likeness (QED) is 0.199. The van der Waals surface area contributed by atoms with Crippen molar-refractivity contribution < 1.29 is 8.78 Å². The van der Waals surface area contributed by atoms with Gasteiger partial charge in [-0.2, -0.15) is 0 Å². The van der Waals surface area contributed by atoms with Crippen molar-refractivity contribution in [2.24, 2.45) is 11.8 Å². The Bertz CT molecular complexity index is 803.